The normalized spacial score (nSPS) is 10.4. The summed E-state index contributed by atoms with van der Waals surface area (Å²) in [7, 11) is 0. The van der Waals surface area contributed by atoms with Gasteiger partial charge in [-0.3, -0.25) is 10.1 Å². The number of hydrogen-bond acceptors (Lipinski definition) is 3. The van der Waals surface area contributed by atoms with Gasteiger partial charge in [-0.2, -0.15) is 0 Å². The summed E-state index contributed by atoms with van der Waals surface area (Å²) in [5.74, 6) is 0. The van der Waals surface area contributed by atoms with E-state index in [0.717, 1.165) is 0 Å². The summed E-state index contributed by atoms with van der Waals surface area (Å²) in [4.78, 5) is 14.4. The molecule has 14 heavy (non-hydrogen) atoms. The predicted octanol–water partition coefficient (Wildman–Crippen LogP) is 2.91. The number of fused-ring (bicyclic) bond motifs is 1. The first-order valence-corrected chi connectivity index (χ1v) is 4.67. The molecule has 0 bridgehead atoms. The summed E-state index contributed by atoms with van der Waals surface area (Å²) in [5, 5.41) is 11.2. The van der Waals surface area contributed by atoms with Gasteiger partial charge in [-0.15, -0.1) is 0 Å². The molecule has 0 aliphatic carbocycles. The topological polar surface area (TPSA) is 56.0 Å². The maximum Gasteiger partial charge on any atom is 0.278 e. The monoisotopic (exact) mass is 252 g/mol. The van der Waals surface area contributed by atoms with E-state index in [2.05, 4.69) is 20.9 Å². The number of aromatic nitrogens is 1. The highest BCUT2D eigenvalue weighted by Crippen LogP contribution is 2.25. The van der Waals surface area contributed by atoms with Gasteiger partial charge in [0.2, 0.25) is 0 Å². The Labute approximate surface area is 87.9 Å². The highest BCUT2D eigenvalue weighted by Gasteiger charge is 2.11. The first kappa shape index (κ1) is 9.08. The van der Waals surface area contributed by atoms with E-state index >= 15 is 0 Å². The third-order valence-electron chi connectivity index (χ3n) is 1.87. The van der Waals surface area contributed by atoms with Crippen molar-refractivity contribution in [2.24, 2.45) is 0 Å². The molecule has 0 radical (unpaired) electrons. The van der Waals surface area contributed by atoms with Crippen LogP contribution in [-0.4, -0.2) is 9.91 Å². The van der Waals surface area contributed by atoms with Crippen molar-refractivity contribution in [1.82, 2.24) is 4.98 Å². The molecule has 1 aromatic carbocycles. The number of halogens is 1. The van der Waals surface area contributed by atoms with Gasteiger partial charge in [-0.05, 0) is 34.1 Å². The summed E-state index contributed by atoms with van der Waals surface area (Å²) in [6, 6.07) is 8.21. The van der Waals surface area contributed by atoms with Crippen molar-refractivity contribution >= 4 is 32.5 Å². The third kappa shape index (κ3) is 1.46. The lowest BCUT2D eigenvalue weighted by Gasteiger charge is -1.98. The van der Waals surface area contributed by atoms with Crippen LogP contribution >= 0.6 is 15.9 Å². The second-order valence-electron chi connectivity index (χ2n) is 2.73. The van der Waals surface area contributed by atoms with E-state index in [4.69, 9.17) is 0 Å². The van der Waals surface area contributed by atoms with Crippen LogP contribution in [0.2, 0.25) is 0 Å². The van der Waals surface area contributed by atoms with E-state index in [1.807, 2.05) is 0 Å². The van der Waals surface area contributed by atoms with E-state index in [0.29, 0.717) is 15.5 Å². The molecule has 2 aromatic rings. The molecule has 2 rings (SSSR count). The molecule has 0 saturated carbocycles. The minimum atomic E-state index is -0.405. The minimum Gasteiger partial charge on any atom is -0.258 e. The van der Waals surface area contributed by atoms with Crippen molar-refractivity contribution in [2.45, 2.75) is 0 Å². The number of benzene rings is 1. The van der Waals surface area contributed by atoms with Gasteiger partial charge in [0.1, 0.15) is 4.60 Å². The number of non-ortho nitro benzene ring substituents is 1. The van der Waals surface area contributed by atoms with E-state index in [1.165, 1.54) is 6.07 Å². The molecule has 0 saturated heterocycles. The molecule has 4 nitrogen and oxygen atoms in total. The molecule has 1 heterocycles. The molecule has 0 amide bonds. The van der Waals surface area contributed by atoms with E-state index < -0.39 is 4.92 Å². The lowest BCUT2D eigenvalue weighted by molar-refractivity contribution is -0.383. The van der Waals surface area contributed by atoms with Crippen LogP contribution in [0.3, 0.4) is 0 Å². The van der Waals surface area contributed by atoms with Crippen LogP contribution in [0.25, 0.3) is 10.9 Å². The molecule has 5 heteroatoms. The zero-order valence-corrected chi connectivity index (χ0v) is 8.56. The average Bonchev–Trinajstić information content (AvgIpc) is 2.16. The number of nitrogens with zero attached hydrogens (tertiary/aromatic N) is 2. The van der Waals surface area contributed by atoms with E-state index in [-0.39, 0.29) is 5.69 Å². The Kier molecular flexibility index (Phi) is 2.17. The number of nitro benzene ring substituents is 1. The molecule has 70 valence electrons. The number of nitro groups is 1. The SMILES string of the molecule is O=[N+]([O-])c1cccc2nc(Br)ccc12. The first-order valence-electron chi connectivity index (χ1n) is 3.88. The standard InChI is InChI=1S/C9H5BrN2O2/c10-9-5-4-6-7(11-9)2-1-3-8(6)12(13)14/h1-5H. The lowest BCUT2D eigenvalue weighted by atomic mass is 10.2. The maximum absolute atomic E-state index is 10.7. The Hall–Kier alpha value is -1.49. The zero-order valence-electron chi connectivity index (χ0n) is 6.98. The Morgan fingerprint density at radius 3 is 2.79 bits per heavy atom. The van der Waals surface area contributed by atoms with Crippen molar-refractivity contribution < 1.29 is 4.92 Å². The van der Waals surface area contributed by atoms with Gasteiger partial charge in [-0.1, -0.05) is 6.07 Å². The summed E-state index contributed by atoms with van der Waals surface area (Å²) in [5.41, 5.74) is 0.705. The summed E-state index contributed by atoms with van der Waals surface area (Å²) in [6.45, 7) is 0. The highest BCUT2D eigenvalue weighted by atomic mass is 79.9. The van der Waals surface area contributed by atoms with Crippen LogP contribution in [0.5, 0.6) is 0 Å². The van der Waals surface area contributed by atoms with Crippen LogP contribution < -0.4 is 0 Å². The smallest absolute Gasteiger partial charge is 0.258 e. The molecule has 0 spiro atoms. The van der Waals surface area contributed by atoms with Gasteiger partial charge in [0.15, 0.2) is 0 Å². The number of pyridine rings is 1. The van der Waals surface area contributed by atoms with Crippen LogP contribution in [0.15, 0.2) is 34.9 Å². The van der Waals surface area contributed by atoms with Crippen molar-refractivity contribution in [1.29, 1.82) is 0 Å². The largest absolute Gasteiger partial charge is 0.278 e. The van der Waals surface area contributed by atoms with Crippen molar-refractivity contribution in [3.63, 3.8) is 0 Å². The second kappa shape index (κ2) is 3.34. The molecule has 0 atom stereocenters. The van der Waals surface area contributed by atoms with Crippen LogP contribution in [-0.2, 0) is 0 Å². The quantitative estimate of drug-likeness (QED) is 0.446. The summed E-state index contributed by atoms with van der Waals surface area (Å²) >= 11 is 3.21. The van der Waals surface area contributed by atoms with Crippen molar-refractivity contribution in [3.05, 3.63) is 45.0 Å². The van der Waals surface area contributed by atoms with Gasteiger partial charge in [0.05, 0.1) is 15.8 Å². The van der Waals surface area contributed by atoms with Gasteiger partial charge in [0, 0.05) is 6.07 Å². The molecular weight excluding hydrogens is 248 g/mol. The van der Waals surface area contributed by atoms with Crippen LogP contribution in [0.1, 0.15) is 0 Å². The summed E-state index contributed by atoms with van der Waals surface area (Å²) in [6.07, 6.45) is 0. The molecule has 0 unspecified atom stereocenters. The van der Waals surface area contributed by atoms with Crippen molar-refractivity contribution in [2.75, 3.05) is 0 Å². The molecular formula is C9H5BrN2O2. The predicted molar refractivity (Wildman–Crippen MR) is 56.1 cm³/mol. The van der Waals surface area contributed by atoms with Crippen LogP contribution in [0, 0.1) is 10.1 Å². The average molecular weight is 253 g/mol. The number of rotatable bonds is 1. The van der Waals surface area contributed by atoms with E-state index in [1.54, 1.807) is 24.3 Å². The van der Waals surface area contributed by atoms with Crippen molar-refractivity contribution in [3.8, 4) is 0 Å². The second-order valence-corrected chi connectivity index (χ2v) is 3.55. The molecule has 0 N–H and O–H groups in total. The molecule has 0 aliphatic heterocycles. The zero-order chi connectivity index (χ0) is 10.1. The maximum atomic E-state index is 10.7. The highest BCUT2D eigenvalue weighted by molar-refractivity contribution is 9.10. The molecule has 0 fully saturated rings. The van der Waals surface area contributed by atoms with Gasteiger partial charge in [0.25, 0.3) is 5.69 Å². The molecule has 1 aromatic heterocycles. The Morgan fingerprint density at radius 1 is 1.29 bits per heavy atom. The fourth-order valence-electron chi connectivity index (χ4n) is 1.27. The summed E-state index contributed by atoms with van der Waals surface area (Å²) < 4.78 is 0.672. The van der Waals surface area contributed by atoms with Gasteiger partial charge >= 0.3 is 0 Å². The molecule has 0 aliphatic rings. The Bertz CT molecular complexity index is 513. The van der Waals surface area contributed by atoms with Gasteiger partial charge < -0.3 is 0 Å². The minimum absolute atomic E-state index is 0.0856. The first-order chi connectivity index (χ1) is 6.68. The number of hydrogen-bond donors (Lipinski definition) is 0. The lowest BCUT2D eigenvalue weighted by Crippen LogP contribution is -1.90. The fourth-order valence-corrected chi connectivity index (χ4v) is 1.60. The Morgan fingerprint density at radius 2 is 2.07 bits per heavy atom. The van der Waals surface area contributed by atoms with E-state index in [9.17, 15) is 10.1 Å². The van der Waals surface area contributed by atoms with Crippen LogP contribution in [0.4, 0.5) is 5.69 Å². The third-order valence-corrected chi connectivity index (χ3v) is 2.31. The Balaban J connectivity index is 2.81. The van der Waals surface area contributed by atoms with Gasteiger partial charge in [-0.25, -0.2) is 4.98 Å². The fraction of sp³-hybridized carbons (Fsp3) is 0.